The van der Waals surface area contributed by atoms with Gasteiger partial charge in [-0.25, -0.2) is 4.57 Å². The van der Waals surface area contributed by atoms with Gasteiger partial charge in [-0.05, 0) is 96.3 Å². The normalized spacial score (nSPS) is 13.6. The molecule has 11 nitrogen and oxygen atoms in total. The molecule has 0 aromatic rings. The van der Waals surface area contributed by atoms with Crippen molar-refractivity contribution in [2.45, 2.75) is 303 Å². The Balaban J connectivity index is 4.68. The molecule has 0 bridgehead atoms. The second-order valence-electron chi connectivity index (χ2n) is 20.5. The fourth-order valence-electron chi connectivity index (χ4n) is 8.50. The summed E-state index contributed by atoms with van der Waals surface area (Å²) in [5.74, 6) is -1.48. The van der Waals surface area contributed by atoms with Gasteiger partial charge in [0.25, 0.3) is 0 Å². The Hall–Kier alpha value is -2.56. The van der Waals surface area contributed by atoms with Gasteiger partial charge in [0.1, 0.15) is 12.7 Å². The Labute approximate surface area is 453 Å². The predicted molar refractivity (Wildman–Crippen MR) is 307 cm³/mol. The zero-order valence-corrected chi connectivity index (χ0v) is 48.7. The van der Waals surface area contributed by atoms with E-state index in [0.717, 1.165) is 96.3 Å². The van der Waals surface area contributed by atoms with Crippen molar-refractivity contribution in [1.29, 1.82) is 0 Å². The molecule has 432 valence electrons. The fourth-order valence-corrected chi connectivity index (χ4v) is 9.29. The van der Waals surface area contributed by atoms with E-state index in [1.807, 2.05) is 0 Å². The first-order valence-electron chi connectivity index (χ1n) is 30.5. The van der Waals surface area contributed by atoms with Crippen molar-refractivity contribution >= 4 is 25.7 Å². The van der Waals surface area contributed by atoms with Gasteiger partial charge in [0.2, 0.25) is 0 Å². The van der Waals surface area contributed by atoms with Crippen LogP contribution >= 0.6 is 7.82 Å². The molecule has 0 aliphatic rings. The molecule has 0 aliphatic heterocycles. The third kappa shape index (κ3) is 54.2. The van der Waals surface area contributed by atoms with E-state index in [1.54, 1.807) is 0 Å². The van der Waals surface area contributed by atoms with E-state index < -0.39 is 57.8 Å². The van der Waals surface area contributed by atoms with Crippen molar-refractivity contribution in [2.24, 2.45) is 0 Å². The van der Waals surface area contributed by atoms with E-state index >= 15 is 0 Å². The number of phosphoric acid groups is 1. The summed E-state index contributed by atoms with van der Waals surface area (Å²) >= 11 is 0. The van der Waals surface area contributed by atoms with E-state index in [9.17, 15) is 28.9 Å². The average Bonchev–Trinajstić information content (AvgIpc) is 3.39. The molecule has 0 saturated carbocycles. The lowest BCUT2D eigenvalue weighted by molar-refractivity contribution is -0.161. The zero-order chi connectivity index (χ0) is 54.1. The van der Waals surface area contributed by atoms with Crippen molar-refractivity contribution in [3.63, 3.8) is 0 Å². The maximum atomic E-state index is 12.9. The Morgan fingerprint density at radius 1 is 0.378 bits per heavy atom. The molecule has 0 rings (SSSR count). The minimum Gasteiger partial charge on any atom is -0.462 e. The molecule has 3 unspecified atom stereocenters. The molecule has 0 aliphatic carbocycles. The first-order chi connectivity index (χ1) is 36.2. The van der Waals surface area contributed by atoms with Gasteiger partial charge < -0.3 is 24.2 Å². The van der Waals surface area contributed by atoms with Crippen LogP contribution in [0.2, 0.25) is 0 Å². The maximum absolute atomic E-state index is 12.9. The number of ether oxygens (including phenoxy) is 3. The number of hydrogen-bond donors (Lipinski definition) is 2. The molecule has 12 heteroatoms. The van der Waals surface area contributed by atoms with Crippen LogP contribution in [-0.4, -0.2) is 66.5 Å². The Bertz CT molecular complexity index is 1430. The number of aliphatic hydroxyl groups excluding tert-OH is 1. The van der Waals surface area contributed by atoms with Gasteiger partial charge in [0, 0.05) is 19.3 Å². The summed E-state index contributed by atoms with van der Waals surface area (Å²) in [7, 11) is -4.75. The largest absolute Gasteiger partial charge is 0.472 e. The molecule has 3 atom stereocenters. The van der Waals surface area contributed by atoms with Crippen molar-refractivity contribution in [3.8, 4) is 0 Å². The topological polar surface area (TPSA) is 155 Å². The number of phosphoric ester groups is 1. The molecule has 0 fully saturated rings. The molecule has 0 heterocycles. The third-order valence-electron chi connectivity index (χ3n) is 13.2. The maximum Gasteiger partial charge on any atom is 0.472 e. The van der Waals surface area contributed by atoms with Crippen molar-refractivity contribution < 1.29 is 52.2 Å². The summed E-state index contributed by atoms with van der Waals surface area (Å²) in [5.41, 5.74) is 0. The lowest BCUT2D eigenvalue weighted by Crippen LogP contribution is -2.30. The van der Waals surface area contributed by atoms with Crippen LogP contribution in [-0.2, 0) is 42.2 Å². The molecule has 74 heavy (non-hydrogen) atoms. The SMILES string of the molecule is CCC/C=C\C/C=C\CCCCCCCC(=O)OCC(COP(=O)(O)OCC(CO)OC(=O)CCCCCCCCC/C=C\CCCCCCCC)OC(=O)CCCCCCCCC/C=C\CCCCCCCC. The van der Waals surface area contributed by atoms with Gasteiger partial charge in [-0.3, -0.25) is 23.4 Å². The summed E-state index contributed by atoms with van der Waals surface area (Å²) in [6.45, 7) is 4.59. The van der Waals surface area contributed by atoms with Crippen LogP contribution < -0.4 is 0 Å². The first kappa shape index (κ1) is 71.4. The Kier molecular flexibility index (Phi) is 54.7. The van der Waals surface area contributed by atoms with Gasteiger partial charge in [0.05, 0.1) is 19.8 Å². The van der Waals surface area contributed by atoms with Crippen molar-refractivity contribution in [1.82, 2.24) is 0 Å². The van der Waals surface area contributed by atoms with Crippen LogP contribution in [0.25, 0.3) is 0 Å². The third-order valence-corrected chi connectivity index (χ3v) is 14.1. The lowest BCUT2D eigenvalue weighted by Gasteiger charge is -2.21. The summed E-state index contributed by atoms with van der Waals surface area (Å²) in [6.07, 6.45) is 60.6. The van der Waals surface area contributed by atoms with Gasteiger partial charge in [-0.2, -0.15) is 0 Å². The first-order valence-corrected chi connectivity index (χ1v) is 32.0. The number of hydrogen-bond acceptors (Lipinski definition) is 10. The van der Waals surface area contributed by atoms with Crippen LogP contribution in [0.4, 0.5) is 0 Å². The van der Waals surface area contributed by atoms with Crippen LogP contribution in [0, 0.1) is 0 Å². The standard InChI is InChI=1S/C62H113O11P/c1-4-7-10-13-16-19-22-25-27-29-31-34-37-40-43-46-49-52-61(65)72-58(54-63)56-70-74(67,68)71-57-59(55-69-60(64)51-48-45-42-39-36-33-24-21-18-15-12-9-6-3)73-62(66)53-50-47-44-41-38-35-32-30-28-26-23-20-17-14-11-8-5-2/h12,15,21,24-28,58-59,63H,4-11,13-14,16-20,22-23,29-57H2,1-3H3,(H,67,68)/b15-12-,24-21-,27-25-,28-26-. The lowest BCUT2D eigenvalue weighted by atomic mass is 10.1. The highest BCUT2D eigenvalue weighted by molar-refractivity contribution is 7.47. The number of allylic oxidation sites excluding steroid dienone is 8. The molecule has 0 radical (unpaired) electrons. The monoisotopic (exact) mass is 1060 g/mol. The number of aliphatic hydroxyl groups is 1. The van der Waals surface area contributed by atoms with Gasteiger partial charge in [0.15, 0.2) is 6.10 Å². The predicted octanol–water partition coefficient (Wildman–Crippen LogP) is 18.1. The average molecular weight is 1070 g/mol. The van der Waals surface area contributed by atoms with Gasteiger partial charge in [-0.1, -0.05) is 223 Å². The van der Waals surface area contributed by atoms with Crippen LogP contribution in [0.5, 0.6) is 0 Å². The highest BCUT2D eigenvalue weighted by atomic mass is 31.2. The van der Waals surface area contributed by atoms with Gasteiger partial charge >= 0.3 is 25.7 Å². The van der Waals surface area contributed by atoms with Crippen molar-refractivity contribution in [2.75, 3.05) is 26.4 Å². The summed E-state index contributed by atoms with van der Waals surface area (Å²) < 4.78 is 39.6. The minimum atomic E-state index is -4.75. The Morgan fingerprint density at radius 2 is 0.689 bits per heavy atom. The van der Waals surface area contributed by atoms with E-state index in [2.05, 4.69) is 69.4 Å². The molecule has 0 amide bonds. The second kappa shape index (κ2) is 56.6. The molecule has 0 spiro atoms. The number of unbranched alkanes of at least 4 members (excludes halogenated alkanes) is 32. The molecule has 2 N–H and O–H groups in total. The number of carbonyl (C=O) groups excluding carboxylic acids is 3. The number of esters is 3. The van der Waals surface area contributed by atoms with Crippen LogP contribution in [0.1, 0.15) is 290 Å². The summed E-state index contributed by atoms with van der Waals surface area (Å²) in [6, 6.07) is 0. The van der Waals surface area contributed by atoms with E-state index in [1.165, 1.54) is 135 Å². The highest BCUT2D eigenvalue weighted by Gasteiger charge is 2.28. The molecular formula is C62H113O11P. The quantitative estimate of drug-likeness (QED) is 0.0197. The molecule has 0 saturated heterocycles. The number of rotatable bonds is 57. The summed E-state index contributed by atoms with van der Waals surface area (Å²) in [5, 5.41) is 9.83. The minimum absolute atomic E-state index is 0.161. The fraction of sp³-hybridized carbons (Fsp3) is 0.823. The highest BCUT2D eigenvalue weighted by Crippen LogP contribution is 2.43. The van der Waals surface area contributed by atoms with E-state index in [4.69, 9.17) is 23.3 Å². The second-order valence-corrected chi connectivity index (χ2v) is 22.0. The van der Waals surface area contributed by atoms with Crippen LogP contribution in [0.15, 0.2) is 48.6 Å². The van der Waals surface area contributed by atoms with E-state index in [-0.39, 0.29) is 25.9 Å². The van der Waals surface area contributed by atoms with E-state index in [0.29, 0.717) is 19.3 Å². The zero-order valence-electron chi connectivity index (χ0n) is 47.8. The van der Waals surface area contributed by atoms with Gasteiger partial charge in [-0.15, -0.1) is 0 Å². The molecular weight excluding hydrogens is 952 g/mol. The smallest absolute Gasteiger partial charge is 0.462 e. The van der Waals surface area contributed by atoms with Crippen molar-refractivity contribution in [3.05, 3.63) is 48.6 Å². The molecule has 0 aromatic carbocycles. The Morgan fingerprint density at radius 3 is 1.07 bits per heavy atom. The molecule has 0 aromatic heterocycles. The summed E-state index contributed by atoms with van der Waals surface area (Å²) in [4.78, 5) is 48.6. The number of carbonyl (C=O) groups is 3. The van der Waals surface area contributed by atoms with Crippen LogP contribution in [0.3, 0.4) is 0 Å².